The van der Waals surface area contributed by atoms with Gasteiger partial charge >= 0.3 is 6.09 Å². The first kappa shape index (κ1) is 17.5. The van der Waals surface area contributed by atoms with Crippen LogP contribution in [0, 0.1) is 0 Å². The van der Waals surface area contributed by atoms with Gasteiger partial charge in [0.05, 0.1) is 19.3 Å². The number of alkyl carbamates (subject to hydrolysis) is 1. The van der Waals surface area contributed by atoms with Crippen molar-refractivity contribution in [1.82, 2.24) is 10.6 Å². The molecule has 1 amide bonds. The molecule has 128 valence electrons. The molecule has 0 aromatic rings. The molecule has 0 radical (unpaired) electrons. The Morgan fingerprint density at radius 2 is 1.73 bits per heavy atom. The molecule has 2 unspecified atom stereocenters. The van der Waals surface area contributed by atoms with Crippen molar-refractivity contribution in [2.24, 2.45) is 0 Å². The Bertz CT molecular complexity index is 382. The average molecular weight is 314 g/mol. The zero-order valence-electron chi connectivity index (χ0n) is 14.4. The van der Waals surface area contributed by atoms with E-state index in [1.54, 1.807) is 0 Å². The predicted molar refractivity (Wildman–Crippen MR) is 83.7 cm³/mol. The summed E-state index contributed by atoms with van der Waals surface area (Å²) in [4.78, 5) is 11.9. The van der Waals surface area contributed by atoms with E-state index in [1.807, 2.05) is 34.6 Å². The van der Waals surface area contributed by atoms with Gasteiger partial charge in [0.2, 0.25) is 0 Å². The van der Waals surface area contributed by atoms with Crippen LogP contribution >= 0.6 is 0 Å². The molecule has 2 fully saturated rings. The Labute approximate surface area is 133 Å². The molecule has 0 aromatic heterocycles. The molecule has 2 N–H and O–H groups in total. The first-order valence-electron chi connectivity index (χ1n) is 8.18. The van der Waals surface area contributed by atoms with Gasteiger partial charge in [0.15, 0.2) is 5.79 Å². The van der Waals surface area contributed by atoms with Gasteiger partial charge in [0, 0.05) is 12.1 Å². The van der Waals surface area contributed by atoms with Crippen LogP contribution in [0.1, 0.15) is 53.9 Å². The van der Waals surface area contributed by atoms with E-state index in [2.05, 4.69) is 10.6 Å². The van der Waals surface area contributed by atoms with E-state index in [4.69, 9.17) is 14.2 Å². The smallest absolute Gasteiger partial charge is 0.407 e. The van der Waals surface area contributed by atoms with E-state index in [9.17, 15) is 4.79 Å². The van der Waals surface area contributed by atoms with Gasteiger partial charge in [-0.25, -0.2) is 4.79 Å². The summed E-state index contributed by atoms with van der Waals surface area (Å²) in [5.74, 6) is -0.498. The van der Waals surface area contributed by atoms with E-state index in [0.29, 0.717) is 13.2 Å². The number of hydrogen-bond donors (Lipinski definition) is 2. The van der Waals surface area contributed by atoms with Crippen LogP contribution in [0.3, 0.4) is 0 Å². The van der Waals surface area contributed by atoms with Crippen molar-refractivity contribution < 1.29 is 19.0 Å². The monoisotopic (exact) mass is 314 g/mol. The second kappa shape index (κ2) is 6.72. The van der Waals surface area contributed by atoms with Crippen LogP contribution in [-0.4, -0.2) is 48.8 Å². The highest BCUT2D eigenvalue weighted by Gasteiger charge is 2.34. The zero-order chi connectivity index (χ0) is 16.4. The third kappa shape index (κ3) is 5.41. The van der Waals surface area contributed by atoms with Gasteiger partial charge in [-0.15, -0.1) is 0 Å². The van der Waals surface area contributed by atoms with E-state index in [0.717, 1.165) is 19.3 Å². The average Bonchev–Trinajstić information content (AvgIpc) is 2.77. The standard InChI is InChI=1S/C16H30N2O4/c1-15(2,3)22-14(19)18-13-8-6-7-12(13)17-11-9-20-16(4,5)21-10-11/h11-13,17H,6-10H2,1-5H3,(H,18,19). The van der Waals surface area contributed by atoms with Crippen LogP contribution in [0.5, 0.6) is 0 Å². The fourth-order valence-electron chi connectivity index (χ4n) is 2.88. The molecule has 2 atom stereocenters. The first-order chi connectivity index (χ1) is 10.1. The van der Waals surface area contributed by atoms with Crippen molar-refractivity contribution in [3.63, 3.8) is 0 Å². The topological polar surface area (TPSA) is 68.8 Å². The van der Waals surface area contributed by atoms with Gasteiger partial charge < -0.3 is 24.8 Å². The quantitative estimate of drug-likeness (QED) is 0.835. The van der Waals surface area contributed by atoms with E-state index < -0.39 is 11.4 Å². The minimum Gasteiger partial charge on any atom is -0.444 e. The SMILES string of the molecule is CC(C)(C)OC(=O)NC1CCCC1NC1COC(C)(C)OC1. The molecular formula is C16H30N2O4. The summed E-state index contributed by atoms with van der Waals surface area (Å²) >= 11 is 0. The molecule has 1 aliphatic heterocycles. The normalized spacial score (nSPS) is 29.3. The highest BCUT2D eigenvalue weighted by molar-refractivity contribution is 5.68. The van der Waals surface area contributed by atoms with E-state index in [1.165, 1.54) is 0 Å². The summed E-state index contributed by atoms with van der Waals surface area (Å²) in [5.41, 5.74) is -0.470. The first-order valence-corrected chi connectivity index (χ1v) is 8.18. The van der Waals surface area contributed by atoms with Crippen LogP contribution in [0.2, 0.25) is 0 Å². The number of carbonyl (C=O) groups excluding carboxylic acids is 1. The summed E-state index contributed by atoms with van der Waals surface area (Å²) in [5, 5.41) is 6.54. The summed E-state index contributed by atoms with van der Waals surface area (Å²) in [6, 6.07) is 0.509. The lowest BCUT2D eigenvalue weighted by molar-refractivity contribution is -0.253. The number of hydrogen-bond acceptors (Lipinski definition) is 5. The van der Waals surface area contributed by atoms with Gasteiger partial charge in [0.25, 0.3) is 0 Å². The maximum absolute atomic E-state index is 11.9. The van der Waals surface area contributed by atoms with Crippen molar-refractivity contribution in [3.8, 4) is 0 Å². The van der Waals surface area contributed by atoms with Gasteiger partial charge in [-0.1, -0.05) is 0 Å². The lowest BCUT2D eigenvalue weighted by Crippen LogP contribution is -2.56. The van der Waals surface area contributed by atoms with Gasteiger partial charge in [-0.2, -0.15) is 0 Å². The molecule has 2 aliphatic rings. The van der Waals surface area contributed by atoms with Crippen LogP contribution in [0.15, 0.2) is 0 Å². The number of amides is 1. The summed E-state index contributed by atoms with van der Waals surface area (Å²) < 4.78 is 16.7. The third-order valence-electron chi connectivity index (χ3n) is 3.93. The summed E-state index contributed by atoms with van der Waals surface area (Å²) in [6.45, 7) is 10.7. The number of ether oxygens (including phenoxy) is 3. The minimum atomic E-state index is -0.498. The number of carbonyl (C=O) groups is 1. The van der Waals surface area contributed by atoms with Crippen LogP contribution in [0.4, 0.5) is 4.79 Å². The largest absolute Gasteiger partial charge is 0.444 e. The fourth-order valence-corrected chi connectivity index (χ4v) is 2.88. The molecule has 1 heterocycles. The van der Waals surface area contributed by atoms with Crippen LogP contribution < -0.4 is 10.6 Å². The Morgan fingerprint density at radius 1 is 1.14 bits per heavy atom. The molecule has 0 bridgehead atoms. The van der Waals surface area contributed by atoms with Gasteiger partial charge in [0.1, 0.15) is 5.60 Å². The summed E-state index contributed by atoms with van der Waals surface area (Å²) in [7, 11) is 0. The molecule has 6 nitrogen and oxygen atoms in total. The Balaban J connectivity index is 1.80. The molecule has 0 aromatic carbocycles. The molecular weight excluding hydrogens is 284 g/mol. The van der Waals surface area contributed by atoms with Gasteiger partial charge in [-0.05, 0) is 53.9 Å². The minimum absolute atomic E-state index is 0.102. The summed E-state index contributed by atoms with van der Waals surface area (Å²) in [6.07, 6.45) is 2.76. The van der Waals surface area contributed by atoms with Crippen molar-refractivity contribution in [2.45, 2.75) is 83.4 Å². The van der Waals surface area contributed by atoms with Crippen LogP contribution in [-0.2, 0) is 14.2 Å². The van der Waals surface area contributed by atoms with Crippen molar-refractivity contribution in [3.05, 3.63) is 0 Å². The van der Waals surface area contributed by atoms with Gasteiger partial charge in [-0.3, -0.25) is 0 Å². The molecule has 1 saturated heterocycles. The number of nitrogens with one attached hydrogen (secondary N) is 2. The van der Waals surface area contributed by atoms with Crippen molar-refractivity contribution in [2.75, 3.05) is 13.2 Å². The van der Waals surface area contributed by atoms with Crippen LogP contribution in [0.25, 0.3) is 0 Å². The Hall–Kier alpha value is -0.850. The molecule has 1 saturated carbocycles. The molecule has 2 rings (SSSR count). The van der Waals surface area contributed by atoms with E-state index in [-0.39, 0.29) is 24.2 Å². The molecule has 6 heteroatoms. The Kier molecular flexibility index (Phi) is 5.35. The highest BCUT2D eigenvalue weighted by atomic mass is 16.7. The molecule has 1 aliphatic carbocycles. The fraction of sp³-hybridized carbons (Fsp3) is 0.938. The second-order valence-corrected chi connectivity index (χ2v) is 7.68. The number of rotatable bonds is 3. The molecule has 0 spiro atoms. The third-order valence-corrected chi connectivity index (χ3v) is 3.93. The van der Waals surface area contributed by atoms with E-state index >= 15 is 0 Å². The maximum Gasteiger partial charge on any atom is 0.407 e. The lowest BCUT2D eigenvalue weighted by atomic mass is 10.1. The molecule has 22 heavy (non-hydrogen) atoms. The predicted octanol–water partition coefficient (Wildman–Crippen LogP) is 2.17. The maximum atomic E-state index is 11.9. The Morgan fingerprint density at radius 3 is 2.32 bits per heavy atom. The van der Waals surface area contributed by atoms with Crippen molar-refractivity contribution >= 4 is 6.09 Å². The lowest BCUT2D eigenvalue weighted by Gasteiger charge is -2.37. The van der Waals surface area contributed by atoms with Crippen molar-refractivity contribution in [1.29, 1.82) is 0 Å². The zero-order valence-corrected chi connectivity index (χ0v) is 14.4. The highest BCUT2D eigenvalue weighted by Crippen LogP contribution is 2.23. The second-order valence-electron chi connectivity index (χ2n) is 7.68.